The van der Waals surface area contributed by atoms with Gasteiger partial charge in [-0.15, -0.1) is 0 Å². The highest BCUT2D eigenvalue weighted by atomic mass is 16.6. The van der Waals surface area contributed by atoms with Crippen molar-refractivity contribution < 1.29 is 23.6 Å². The molecule has 7 nitrogen and oxygen atoms in total. The van der Waals surface area contributed by atoms with Crippen LogP contribution < -0.4 is 5.32 Å². The summed E-state index contributed by atoms with van der Waals surface area (Å²) in [5.74, 6) is -0.198. The molecule has 0 aliphatic heterocycles. The number of esters is 1. The molecule has 0 saturated heterocycles. The average Bonchev–Trinajstić information content (AvgIpc) is 2.65. The van der Waals surface area contributed by atoms with E-state index in [4.69, 9.17) is 14.0 Å². The minimum atomic E-state index is -0.639. The lowest BCUT2D eigenvalue weighted by Gasteiger charge is -2.22. The summed E-state index contributed by atoms with van der Waals surface area (Å²) in [5.41, 5.74) is -0.719. The van der Waals surface area contributed by atoms with Crippen LogP contribution >= 0.6 is 0 Å². The summed E-state index contributed by atoms with van der Waals surface area (Å²) in [6.45, 7) is 13.9. The zero-order chi connectivity index (χ0) is 18.0. The van der Waals surface area contributed by atoms with Gasteiger partial charge in [-0.1, -0.05) is 5.16 Å². The Labute approximate surface area is 136 Å². The Morgan fingerprint density at radius 1 is 1.09 bits per heavy atom. The number of hydrogen-bond acceptors (Lipinski definition) is 6. The van der Waals surface area contributed by atoms with Crippen molar-refractivity contribution in [1.29, 1.82) is 0 Å². The van der Waals surface area contributed by atoms with Crippen LogP contribution in [0.5, 0.6) is 0 Å². The lowest BCUT2D eigenvalue weighted by molar-refractivity contribution is 0.00648. The largest absolute Gasteiger partial charge is 0.456 e. The summed E-state index contributed by atoms with van der Waals surface area (Å²) < 4.78 is 15.6. The van der Waals surface area contributed by atoms with Crippen molar-refractivity contribution in [2.45, 2.75) is 72.6 Å². The minimum absolute atomic E-state index is 0.225. The number of amides is 1. The average molecular weight is 326 g/mol. The standard InChI is InChI=1S/C16H26N2O5/c1-9(17-14(20)22-16(6,7)8)12-11(10(2)23-18-12)13(19)21-15(3,4)5/h9H,1-8H3,(H,17,20)/t9-/m0/s1. The quantitative estimate of drug-likeness (QED) is 0.855. The summed E-state index contributed by atoms with van der Waals surface area (Å²) in [5, 5.41) is 6.50. The van der Waals surface area contributed by atoms with Crippen molar-refractivity contribution in [2.75, 3.05) is 0 Å². The van der Waals surface area contributed by atoms with Gasteiger partial charge in [0.25, 0.3) is 0 Å². The second-order valence-electron chi connectivity index (χ2n) is 7.37. The zero-order valence-electron chi connectivity index (χ0n) is 15.1. The summed E-state index contributed by atoms with van der Waals surface area (Å²) in [6, 6.07) is -0.565. The molecule has 1 aromatic rings. The third kappa shape index (κ3) is 5.92. The number of ether oxygens (including phenoxy) is 2. The first-order valence-corrected chi connectivity index (χ1v) is 7.49. The Morgan fingerprint density at radius 2 is 1.61 bits per heavy atom. The van der Waals surface area contributed by atoms with Crippen LogP contribution in [0.15, 0.2) is 4.52 Å². The molecule has 1 heterocycles. The SMILES string of the molecule is Cc1onc([C@H](C)NC(=O)OC(C)(C)C)c1C(=O)OC(C)(C)C. The summed E-state index contributed by atoms with van der Waals surface area (Å²) in [4.78, 5) is 24.2. The van der Waals surface area contributed by atoms with Gasteiger partial charge >= 0.3 is 12.1 Å². The van der Waals surface area contributed by atoms with Gasteiger partial charge in [0.2, 0.25) is 0 Å². The molecule has 1 amide bonds. The maximum atomic E-state index is 12.3. The van der Waals surface area contributed by atoms with Gasteiger partial charge in [-0.3, -0.25) is 0 Å². The second-order valence-corrected chi connectivity index (χ2v) is 7.37. The van der Waals surface area contributed by atoms with Crippen LogP contribution in [0.1, 0.15) is 76.3 Å². The number of hydrogen-bond donors (Lipinski definition) is 1. The molecule has 0 fully saturated rings. The van der Waals surface area contributed by atoms with Crippen LogP contribution in [-0.2, 0) is 9.47 Å². The molecule has 0 spiro atoms. The number of carbonyl (C=O) groups excluding carboxylic acids is 2. The molecule has 7 heteroatoms. The van der Waals surface area contributed by atoms with Gasteiger partial charge in [0, 0.05) is 0 Å². The fourth-order valence-corrected chi connectivity index (χ4v) is 1.81. The fourth-order valence-electron chi connectivity index (χ4n) is 1.81. The van der Waals surface area contributed by atoms with Crippen molar-refractivity contribution >= 4 is 12.1 Å². The molecule has 1 rings (SSSR count). The van der Waals surface area contributed by atoms with E-state index in [2.05, 4.69) is 10.5 Å². The van der Waals surface area contributed by atoms with E-state index in [0.717, 1.165) is 0 Å². The van der Waals surface area contributed by atoms with Crippen molar-refractivity contribution in [3.63, 3.8) is 0 Å². The third-order valence-electron chi connectivity index (χ3n) is 2.64. The topological polar surface area (TPSA) is 90.7 Å². The van der Waals surface area contributed by atoms with Gasteiger partial charge in [-0.05, 0) is 55.4 Å². The Balaban J connectivity index is 2.93. The molecule has 0 radical (unpaired) electrons. The number of nitrogens with one attached hydrogen (secondary N) is 1. The van der Waals surface area contributed by atoms with E-state index in [-0.39, 0.29) is 5.56 Å². The highest BCUT2D eigenvalue weighted by molar-refractivity contribution is 5.92. The van der Waals surface area contributed by atoms with Gasteiger partial charge in [0.05, 0.1) is 6.04 Å². The van der Waals surface area contributed by atoms with Gasteiger partial charge < -0.3 is 19.3 Å². The molecular weight excluding hydrogens is 300 g/mol. The van der Waals surface area contributed by atoms with Gasteiger partial charge in [0.1, 0.15) is 28.2 Å². The highest BCUT2D eigenvalue weighted by Gasteiger charge is 2.29. The molecule has 0 aliphatic carbocycles. The maximum Gasteiger partial charge on any atom is 0.408 e. The first-order chi connectivity index (χ1) is 10.3. The fraction of sp³-hybridized carbons (Fsp3) is 0.688. The Bertz CT molecular complexity index is 578. The van der Waals surface area contributed by atoms with Crippen LogP contribution in [-0.4, -0.2) is 28.4 Å². The van der Waals surface area contributed by atoms with E-state index in [1.807, 2.05) is 0 Å². The highest BCUT2D eigenvalue weighted by Crippen LogP contribution is 2.23. The number of rotatable bonds is 3. The van der Waals surface area contributed by atoms with E-state index >= 15 is 0 Å². The molecule has 1 aromatic heterocycles. The Morgan fingerprint density at radius 3 is 2.09 bits per heavy atom. The first kappa shape index (κ1) is 19.0. The Kier molecular flexibility index (Phi) is 5.45. The predicted octanol–water partition coefficient (Wildman–Crippen LogP) is 3.52. The van der Waals surface area contributed by atoms with Crippen molar-refractivity contribution in [3.05, 3.63) is 17.0 Å². The van der Waals surface area contributed by atoms with Crippen LogP contribution in [0.2, 0.25) is 0 Å². The number of nitrogens with zero attached hydrogens (tertiary/aromatic N) is 1. The molecule has 0 bridgehead atoms. The normalized spacial score (nSPS) is 13.4. The molecule has 1 atom stereocenters. The molecule has 0 aromatic carbocycles. The van der Waals surface area contributed by atoms with E-state index in [1.165, 1.54) is 0 Å². The Hall–Kier alpha value is -2.05. The van der Waals surface area contributed by atoms with Gasteiger partial charge in [-0.2, -0.15) is 0 Å². The van der Waals surface area contributed by atoms with Gasteiger partial charge in [-0.25, -0.2) is 9.59 Å². The maximum absolute atomic E-state index is 12.3. The summed E-state index contributed by atoms with van der Waals surface area (Å²) in [7, 11) is 0. The number of aryl methyl sites for hydroxylation is 1. The van der Waals surface area contributed by atoms with Crippen molar-refractivity contribution in [3.8, 4) is 0 Å². The van der Waals surface area contributed by atoms with E-state index in [1.54, 1.807) is 55.4 Å². The van der Waals surface area contributed by atoms with Crippen LogP contribution in [0, 0.1) is 6.92 Å². The summed E-state index contributed by atoms with van der Waals surface area (Å²) >= 11 is 0. The molecule has 1 N–H and O–H groups in total. The van der Waals surface area contributed by atoms with E-state index in [0.29, 0.717) is 11.5 Å². The molecule has 23 heavy (non-hydrogen) atoms. The predicted molar refractivity (Wildman–Crippen MR) is 84.2 cm³/mol. The molecule has 0 saturated carbocycles. The first-order valence-electron chi connectivity index (χ1n) is 7.49. The zero-order valence-corrected chi connectivity index (χ0v) is 15.1. The third-order valence-corrected chi connectivity index (χ3v) is 2.64. The molecule has 0 unspecified atom stereocenters. The minimum Gasteiger partial charge on any atom is -0.456 e. The molecule has 130 valence electrons. The number of carbonyl (C=O) groups is 2. The van der Waals surface area contributed by atoms with E-state index < -0.39 is 29.3 Å². The second kappa shape index (κ2) is 6.60. The smallest absolute Gasteiger partial charge is 0.408 e. The molecule has 0 aliphatic rings. The van der Waals surface area contributed by atoms with Gasteiger partial charge in [0.15, 0.2) is 0 Å². The van der Waals surface area contributed by atoms with Crippen molar-refractivity contribution in [2.24, 2.45) is 0 Å². The summed E-state index contributed by atoms with van der Waals surface area (Å²) in [6.07, 6.45) is -0.596. The number of alkyl carbamates (subject to hydrolysis) is 1. The lowest BCUT2D eigenvalue weighted by atomic mass is 10.1. The van der Waals surface area contributed by atoms with Crippen LogP contribution in [0.25, 0.3) is 0 Å². The lowest BCUT2D eigenvalue weighted by Crippen LogP contribution is -2.34. The molecular formula is C16H26N2O5. The monoisotopic (exact) mass is 326 g/mol. The van der Waals surface area contributed by atoms with E-state index in [9.17, 15) is 9.59 Å². The van der Waals surface area contributed by atoms with Crippen LogP contribution in [0.4, 0.5) is 4.79 Å². The van der Waals surface area contributed by atoms with Crippen molar-refractivity contribution in [1.82, 2.24) is 10.5 Å². The van der Waals surface area contributed by atoms with Crippen LogP contribution in [0.3, 0.4) is 0 Å². The number of aromatic nitrogens is 1.